The summed E-state index contributed by atoms with van der Waals surface area (Å²) in [5.41, 5.74) is 0.0300. The number of rotatable bonds is 10. The van der Waals surface area contributed by atoms with E-state index in [1.165, 1.54) is 70.6 Å². The molecule has 3 fully saturated rings. The molecule has 2 N–H and O–H groups in total. The summed E-state index contributed by atoms with van der Waals surface area (Å²) in [6.07, 6.45) is 19.7. The van der Waals surface area contributed by atoms with E-state index in [1.807, 2.05) is 0 Å². The second-order valence-corrected chi connectivity index (χ2v) is 13.8. The van der Waals surface area contributed by atoms with Gasteiger partial charge in [0.05, 0.1) is 11.2 Å². The van der Waals surface area contributed by atoms with E-state index in [-0.39, 0.29) is 0 Å². The fourth-order valence-electron chi connectivity index (χ4n) is 8.46. The molecule has 3 aliphatic carbocycles. The van der Waals surface area contributed by atoms with E-state index >= 15 is 0 Å². The molecule has 0 aliphatic heterocycles. The van der Waals surface area contributed by atoms with E-state index in [0.29, 0.717) is 10.8 Å². The van der Waals surface area contributed by atoms with Crippen LogP contribution in [0.4, 0.5) is 0 Å². The molecule has 0 aromatic carbocycles. The van der Waals surface area contributed by atoms with Crippen LogP contribution in [0.1, 0.15) is 144 Å². The minimum Gasteiger partial charge on any atom is -0.390 e. The first-order chi connectivity index (χ1) is 14.9. The Balaban J connectivity index is 1.57. The molecule has 3 aliphatic rings. The molecular weight excluding hydrogens is 392 g/mol. The van der Waals surface area contributed by atoms with Crippen molar-refractivity contribution >= 4 is 0 Å². The van der Waals surface area contributed by atoms with E-state index in [9.17, 15) is 10.2 Å². The van der Waals surface area contributed by atoms with E-state index in [4.69, 9.17) is 0 Å². The summed E-state index contributed by atoms with van der Waals surface area (Å²) in [7, 11) is 0. The molecule has 3 rings (SSSR count). The predicted octanol–water partition coefficient (Wildman–Crippen LogP) is 8.29. The number of hydrogen-bond acceptors (Lipinski definition) is 2. The predicted molar refractivity (Wildman–Crippen MR) is 137 cm³/mol. The maximum absolute atomic E-state index is 10.8. The van der Waals surface area contributed by atoms with Gasteiger partial charge in [-0.3, -0.25) is 0 Å². The SMILES string of the molecule is CCCCC(C)(O)CCC(C)C1CCCC1(C)CCC1CCCC2CC(C)(O)CCC12C. The lowest BCUT2D eigenvalue weighted by Crippen LogP contribution is -2.48. The monoisotopic (exact) mass is 448 g/mol. The van der Waals surface area contributed by atoms with Gasteiger partial charge in [0.1, 0.15) is 0 Å². The quantitative estimate of drug-likeness (QED) is 0.353. The van der Waals surface area contributed by atoms with Crippen LogP contribution < -0.4 is 0 Å². The van der Waals surface area contributed by atoms with Crippen LogP contribution in [0.3, 0.4) is 0 Å². The number of fused-ring (bicyclic) bond motifs is 1. The Morgan fingerprint density at radius 3 is 2.47 bits per heavy atom. The summed E-state index contributed by atoms with van der Waals surface area (Å²) < 4.78 is 0. The van der Waals surface area contributed by atoms with Crippen LogP contribution in [0.2, 0.25) is 0 Å². The summed E-state index contributed by atoms with van der Waals surface area (Å²) in [5.74, 6) is 3.11. The van der Waals surface area contributed by atoms with Crippen LogP contribution in [0.5, 0.6) is 0 Å². The third-order valence-corrected chi connectivity index (χ3v) is 11.0. The lowest BCUT2D eigenvalue weighted by Gasteiger charge is -2.54. The molecular formula is C30H56O2. The molecule has 32 heavy (non-hydrogen) atoms. The van der Waals surface area contributed by atoms with Gasteiger partial charge in [-0.25, -0.2) is 0 Å². The lowest BCUT2D eigenvalue weighted by molar-refractivity contribution is -0.0958. The lowest BCUT2D eigenvalue weighted by atomic mass is 9.52. The molecule has 2 heteroatoms. The molecule has 2 nitrogen and oxygen atoms in total. The van der Waals surface area contributed by atoms with Gasteiger partial charge < -0.3 is 10.2 Å². The van der Waals surface area contributed by atoms with Crippen LogP contribution in [0.15, 0.2) is 0 Å². The van der Waals surface area contributed by atoms with Crippen molar-refractivity contribution in [1.29, 1.82) is 0 Å². The van der Waals surface area contributed by atoms with Gasteiger partial charge in [0, 0.05) is 0 Å². The van der Waals surface area contributed by atoms with Crippen molar-refractivity contribution in [3.8, 4) is 0 Å². The van der Waals surface area contributed by atoms with Gasteiger partial charge >= 0.3 is 0 Å². The maximum Gasteiger partial charge on any atom is 0.0622 e. The fraction of sp³-hybridized carbons (Fsp3) is 1.00. The zero-order valence-electron chi connectivity index (χ0n) is 22.5. The van der Waals surface area contributed by atoms with Gasteiger partial charge in [-0.1, -0.05) is 53.4 Å². The Morgan fingerprint density at radius 2 is 1.75 bits per heavy atom. The topological polar surface area (TPSA) is 40.5 Å². The van der Waals surface area contributed by atoms with Gasteiger partial charge in [-0.05, 0) is 125 Å². The zero-order chi connectivity index (χ0) is 23.6. The first-order valence-corrected chi connectivity index (χ1v) is 14.4. The van der Waals surface area contributed by atoms with Gasteiger partial charge in [0.25, 0.3) is 0 Å². The Kier molecular flexibility index (Phi) is 8.51. The van der Waals surface area contributed by atoms with Crippen molar-refractivity contribution < 1.29 is 10.2 Å². The van der Waals surface area contributed by atoms with Crippen LogP contribution in [0.25, 0.3) is 0 Å². The van der Waals surface area contributed by atoms with Crippen LogP contribution in [-0.4, -0.2) is 21.4 Å². The highest BCUT2D eigenvalue weighted by Crippen LogP contribution is 2.58. The molecule has 3 saturated carbocycles. The molecule has 0 saturated heterocycles. The van der Waals surface area contributed by atoms with Gasteiger partial charge in [0.15, 0.2) is 0 Å². The minimum absolute atomic E-state index is 0.428. The smallest absolute Gasteiger partial charge is 0.0622 e. The molecule has 0 aromatic rings. The van der Waals surface area contributed by atoms with Gasteiger partial charge in [-0.2, -0.15) is 0 Å². The van der Waals surface area contributed by atoms with Crippen LogP contribution in [0, 0.1) is 34.5 Å². The summed E-state index contributed by atoms with van der Waals surface area (Å²) in [4.78, 5) is 0. The molecule has 8 atom stereocenters. The third kappa shape index (κ3) is 6.12. The summed E-state index contributed by atoms with van der Waals surface area (Å²) >= 11 is 0. The standard InChI is InChI=1S/C30H56O2/c1-7-8-17-28(4,31)19-14-23(2)26-13-10-16-27(26,3)18-15-24-11-9-12-25-22-29(5,32)20-21-30(24,25)6/h23-26,31-32H,7-22H2,1-6H3. The van der Waals surface area contributed by atoms with Crippen molar-refractivity contribution in [1.82, 2.24) is 0 Å². The Bertz CT molecular complexity index is 596. The highest BCUT2D eigenvalue weighted by atomic mass is 16.3. The van der Waals surface area contributed by atoms with Crippen molar-refractivity contribution in [2.75, 3.05) is 0 Å². The van der Waals surface area contributed by atoms with Crippen molar-refractivity contribution in [3.05, 3.63) is 0 Å². The zero-order valence-corrected chi connectivity index (χ0v) is 22.5. The Morgan fingerprint density at radius 1 is 1.00 bits per heavy atom. The van der Waals surface area contributed by atoms with E-state index in [2.05, 4.69) is 41.5 Å². The van der Waals surface area contributed by atoms with E-state index in [0.717, 1.165) is 55.8 Å². The summed E-state index contributed by atoms with van der Waals surface area (Å²) in [5, 5.41) is 21.5. The summed E-state index contributed by atoms with van der Waals surface area (Å²) in [6.45, 7) is 14.0. The van der Waals surface area contributed by atoms with Gasteiger partial charge in [0.2, 0.25) is 0 Å². The highest BCUT2D eigenvalue weighted by molar-refractivity contribution is 5.01. The van der Waals surface area contributed by atoms with E-state index in [1.54, 1.807) is 0 Å². The van der Waals surface area contributed by atoms with Gasteiger partial charge in [-0.15, -0.1) is 0 Å². The maximum atomic E-state index is 10.8. The summed E-state index contributed by atoms with van der Waals surface area (Å²) in [6, 6.07) is 0. The molecule has 0 aromatic heterocycles. The first-order valence-electron chi connectivity index (χ1n) is 14.4. The van der Waals surface area contributed by atoms with Crippen molar-refractivity contribution in [2.45, 2.75) is 155 Å². The molecule has 0 radical (unpaired) electrons. The molecule has 0 amide bonds. The first kappa shape index (κ1) is 26.5. The molecule has 8 unspecified atom stereocenters. The minimum atomic E-state index is -0.479. The largest absolute Gasteiger partial charge is 0.390 e. The van der Waals surface area contributed by atoms with Crippen LogP contribution in [-0.2, 0) is 0 Å². The molecule has 0 bridgehead atoms. The Hall–Kier alpha value is -0.0800. The molecule has 0 heterocycles. The second kappa shape index (κ2) is 10.3. The second-order valence-electron chi connectivity index (χ2n) is 13.8. The van der Waals surface area contributed by atoms with Crippen LogP contribution >= 0.6 is 0 Å². The number of aliphatic hydroxyl groups is 2. The molecule has 0 spiro atoms. The fourth-order valence-corrected chi connectivity index (χ4v) is 8.46. The average molecular weight is 449 g/mol. The number of hydrogen-bond donors (Lipinski definition) is 2. The Labute approximate surface area is 200 Å². The average Bonchev–Trinajstić information content (AvgIpc) is 3.11. The molecule has 188 valence electrons. The van der Waals surface area contributed by atoms with E-state index < -0.39 is 11.2 Å². The third-order valence-electron chi connectivity index (χ3n) is 11.0. The number of unbranched alkanes of at least 4 members (excludes halogenated alkanes) is 1. The normalized spacial score (nSPS) is 42.9. The van der Waals surface area contributed by atoms with Crippen molar-refractivity contribution in [2.24, 2.45) is 34.5 Å². The highest BCUT2D eigenvalue weighted by Gasteiger charge is 2.50. The van der Waals surface area contributed by atoms with Crippen molar-refractivity contribution in [3.63, 3.8) is 0 Å².